The average molecular weight is 298 g/mol. The van der Waals surface area contributed by atoms with Gasteiger partial charge < -0.3 is 11.1 Å². The van der Waals surface area contributed by atoms with E-state index in [4.69, 9.17) is 5.73 Å². The summed E-state index contributed by atoms with van der Waals surface area (Å²) < 4.78 is 1.02. The Kier molecular flexibility index (Phi) is 4.05. The molecule has 0 amide bonds. The molecule has 0 unspecified atom stereocenters. The number of hydrogen-bond donors (Lipinski definition) is 2. The molecule has 0 bridgehead atoms. The molecule has 1 aliphatic carbocycles. The van der Waals surface area contributed by atoms with Gasteiger partial charge >= 0.3 is 0 Å². The van der Waals surface area contributed by atoms with Gasteiger partial charge in [0, 0.05) is 12.7 Å². The van der Waals surface area contributed by atoms with Crippen LogP contribution < -0.4 is 11.1 Å². The minimum Gasteiger partial charge on any atom is -0.362 e. The zero-order valence-electron chi connectivity index (χ0n) is 10.3. The number of nitrogens with one attached hydrogen (secondary N) is 1. The minimum atomic E-state index is 0.0447. The van der Waals surface area contributed by atoms with Crippen molar-refractivity contribution in [3.63, 3.8) is 0 Å². The van der Waals surface area contributed by atoms with Crippen molar-refractivity contribution in [3.05, 3.63) is 22.3 Å². The van der Waals surface area contributed by atoms with Crippen molar-refractivity contribution in [2.45, 2.75) is 44.6 Å². The highest BCUT2D eigenvalue weighted by Crippen LogP contribution is 2.32. The van der Waals surface area contributed by atoms with Crippen molar-refractivity contribution in [2.24, 2.45) is 5.73 Å². The van der Waals surface area contributed by atoms with Crippen LogP contribution in [0.4, 0.5) is 5.82 Å². The lowest BCUT2D eigenvalue weighted by Gasteiger charge is -2.37. The van der Waals surface area contributed by atoms with Crippen molar-refractivity contribution >= 4 is 21.7 Å². The summed E-state index contributed by atoms with van der Waals surface area (Å²) in [5.74, 6) is 0.919. The van der Waals surface area contributed by atoms with E-state index in [-0.39, 0.29) is 5.54 Å². The van der Waals surface area contributed by atoms with Crippen LogP contribution in [-0.4, -0.2) is 17.1 Å². The second-order valence-electron chi connectivity index (χ2n) is 5.01. The summed E-state index contributed by atoms with van der Waals surface area (Å²) in [5.41, 5.74) is 7.17. The number of hydrogen-bond acceptors (Lipinski definition) is 3. The number of rotatable bonds is 3. The first-order valence-electron chi connectivity index (χ1n) is 6.26. The van der Waals surface area contributed by atoms with Gasteiger partial charge in [-0.15, -0.1) is 0 Å². The number of nitrogens with zero attached hydrogens (tertiary/aromatic N) is 1. The molecule has 3 nitrogen and oxygen atoms in total. The Morgan fingerprint density at radius 1 is 1.41 bits per heavy atom. The first-order valence-corrected chi connectivity index (χ1v) is 7.05. The van der Waals surface area contributed by atoms with Gasteiger partial charge in [0.2, 0.25) is 0 Å². The largest absolute Gasteiger partial charge is 0.362 e. The van der Waals surface area contributed by atoms with E-state index in [1.54, 1.807) is 0 Å². The molecule has 0 aromatic carbocycles. The smallest absolute Gasteiger partial charge is 0.140 e. The van der Waals surface area contributed by atoms with E-state index in [0.717, 1.165) is 28.7 Å². The van der Waals surface area contributed by atoms with Gasteiger partial charge in [-0.3, -0.25) is 0 Å². The Morgan fingerprint density at radius 2 is 2.12 bits per heavy atom. The van der Waals surface area contributed by atoms with Crippen molar-refractivity contribution in [1.29, 1.82) is 0 Å². The van der Waals surface area contributed by atoms with Crippen molar-refractivity contribution in [3.8, 4) is 0 Å². The molecule has 94 valence electrons. The number of anilines is 1. The average Bonchev–Trinajstić information content (AvgIpc) is 2.34. The molecule has 3 N–H and O–H groups in total. The molecule has 1 fully saturated rings. The predicted molar refractivity (Wildman–Crippen MR) is 75.2 cm³/mol. The highest BCUT2D eigenvalue weighted by Gasteiger charge is 2.31. The molecule has 1 aliphatic rings. The molecule has 0 atom stereocenters. The summed E-state index contributed by atoms with van der Waals surface area (Å²) in [6.45, 7) is 2.72. The fraction of sp³-hybridized carbons (Fsp3) is 0.615. The van der Waals surface area contributed by atoms with E-state index in [1.807, 2.05) is 13.1 Å². The summed E-state index contributed by atoms with van der Waals surface area (Å²) in [7, 11) is 0. The van der Waals surface area contributed by atoms with Gasteiger partial charge in [0.15, 0.2) is 0 Å². The maximum Gasteiger partial charge on any atom is 0.140 e. The minimum absolute atomic E-state index is 0.0447. The molecule has 17 heavy (non-hydrogen) atoms. The van der Waals surface area contributed by atoms with Gasteiger partial charge in [-0.05, 0) is 47.3 Å². The Labute approximate surface area is 111 Å². The lowest BCUT2D eigenvalue weighted by atomic mass is 9.81. The molecule has 1 aromatic rings. The Morgan fingerprint density at radius 3 is 2.71 bits per heavy atom. The van der Waals surface area contributed by atoms with Crippen LogP contribution in [0.2, 0.25) is 0 Å². The standard InChI is InChI=1S/C13H20BrN3/c1-10-7-11(14)12(16-8-10)17-13(9-15)5-3-2-4-6-13/h7-8H,2-6,9,15H2,1H3,(H,16,17). The Hall–Kier alpha value is -0.610. The van der Waals surface area contributed by atoms with E-state index in [0.29, 0.717) is 6.54 Å². The molecule has 2 rings (SSSR count). The fourth-order valence-corrected chi connectivity index (χ4v) is 3.05. The molecule has 0 aliphatic heterocycles. The van der Waals surface area contributed by atoms with Crippen molar-refractivity contribution in [2.75, 3.05) is 11.9 Å². The third-order valence-corrected chi connectivity index (χ3v) is 4.17. The van der Waals surface area contributed by atoms with E-state index < -0.39 is 0 Å². The summed E-state index contributed by atoms with van der Waals surface area (Å²) in [4.78, 5) is 4.45. The quantitative estimate of drug-likeness (QED) is 0.901. The van der Waals surface area contributed by atoms with Gasteiger partial charge in [-0.2, -0.15) is 0 Å². The van der Waals surface area contributed by atoms with E-state index in [2.05, 4.69) is 32.3 Å². The summed E-state index contributed by atoms with van der Waals surface area (Å²) in [6, 6.07) is 2.09. The second-order valence-corrected chi connectivity index (χ2v) is 5.87. The SMILES string of the molecule is Cc1cnc(NC2(CN)CCCCC2)c(Br)c1. The topological polar surface area (TPSA) is 50.9 Å². The van der Waals surface area contributed by atoms with Crippen LogP contribution in [0.1, 0.15) is 37.7 Å². The molecular weight excluding hydrogens is 278 g/mol. The third kappa shape index (κ3) is 2.99. The second kappa shape index (κ2) is 5.36. The maximum atomic E-state index is 5.96. The molecule has 1 heterocycles. The molecule has 0 saturated heterocycles. The van der Waals surface area contributed by atoms with Crippen molar-refractivity contribution < 1.29 is 0 Å². The monoisotopic (exact) mass is 297 g/mol. The number of aryl methyl sites for hydroxylation is 1. The van der Waals surface area contributed by atoms with Gasteiger partial charge in [-0.25, -0.2) is 4.98 Å². The number of pyridine rings is 1. The maximum absolute atomic E-state index is 5.96. The lowest BCUT2D eigenvalue weighted by Crippen LogP contribution is -2.47. The van der Waals surface area contributed by atoms with Crippen LogP contribution in [0.5, 0.6) is 0 Å². The molecule has 0 radical (unpaired) electrons. The summed E-state index contributed by atoms with van der Waals surface area (Å²) >= 11 is 3.56. The molecule has 0 spiro atoms. The van der Waals surface area contributed by atoms with E-state index >= 15 is 0 Å². The molecule has 1 saturated carbocycles. The van der Waals surface area contributed by atoms with Crippen molar-refractivity contribution in [1.82, 2.24) is 4.98 Å². The fourth-order valence-electron chi connectivity index (χ4n) is 2.49. The van der Waals surface area contributed by atoms with Gasteiger partial charge in [0.05, 0.1) is 10.0 Å². The summed E-state index contributed by atoms with van der Waals surface area (Å²) in [6.07, 6.45) is 8.02. The third-order valence-electron chi connectivity index (χ3n) is 3.56. The highest BCUT2D eigenvalue weighted by atomic mass is 79.9. The summed E-state index contributed by atoms with van der Waals surface area (Å²) in [5, 5.41) is 3.56. The first kappa shape index (κ1) is 12.8. The van der Waals surface area contributed by atoms with Gasteiger partial charge in [0.1, 0.15) is 5.82 Å². The van der Waals surface area contributed by atoms with Gasteiger partial charge in [0.25, 0.3) is 0 Å². The number of aromatic nitrogens is 1. The predicted octanol–water partition coefficient (Wildman–Crippen LogP) is 3.23. The number of halogens is 1. The molecule has 1 aromatic heterocycles. The van der Waals surface area contributed by atoms with Crippen LogP contribution in [0.25, 0.3) is 0 Å². The Balaban J connectivity index is 2.17. The zero-order valence-corrected chi connectivity index (χ0v) is 11.9. The van der Waals surface area contributed by atoms with Crippen LogP contribution in [0, 0.1) is 6.92 Å². The Bertz CT molecular complexity index is 386. The number of nitrogens with two attached hydrogens (primary N) is 1. The van der Waals surface area contributed by atoms with Crippen LogP contribution in [0.3, 0.4) is 0 Å². The highest BCUT2D eigenvalue weighted by molar-refractivity contribution is 9.10. The molecule has 4 heteroatoms. The van der Waals surface area contributed by atoms with Crippen LogP contribution in [-0.2, 0) is 0 Å². The lowest BCUT2D eigenvalue weighted by molar-refractivity contribution is 0.330. The van der Waals surface area contributed by atoms with E-state index in [9.17, 15) is 0 Å². The molecular formula is C13H20BrN3. The zero-order chi connectivity index (χ0) is 12.3. The van der Waals surface area contributed by atoms with Gasteiger partial charge in [-0.1, -0.05) is 19.3 Å². The first-order chi connectivity index (χ1) is 8.15. The normalized spacial score (nSPS) is 19.0. The van der Waals surface area contributed by atoms with E-state index in [1.165, 1.54) is 19.3 Å². The van der Waals surface area contributed by atoms with Crippen LogP contribution >= 0.6 is 15.9 Å². The van der Waals surface area contributed by atoms with Crippen LogP contribution in [0.15, 0.2) is 16.7 Å².